The van der Waals surface area contributed by atoms with E-state index in [0.717, 1.165) is 0 Å². The molecule has 1 aromatic heterocycles. The Kier molecular flexibility index (Phi) is 7.34. The zero-order valence-electron chi connectivity index (χ0n) is 17.1. The predicted octanol–water partition coefficient (Wildman–Crippen LogP) is 1.82. The molecule has 0 bridgehead atoms. The van der Waals surface area contributed by atoms with Crippen molar-refractivity contribution in [2.24, 2.45) is 5.92 Å². The molecule has 3 rings (SSSR count). The summed E-state index contributed by atoms with van der Waals surface area (Å²) in [4.78, 5) is 29.8. The van der Waals surface area contributed by atoms with Crippen LogP contribution >= 0.6 is 0 Å². The standard InChI is InChI=1S/C21H24FN3O5S/c1-24(14-17-5-2-3-7-19(17)22)20(26)15-30-21(27)16-8-11-25(12-9-16)31(28,29)18-6-4-10-23-13-18/h2-7,10,13,16H,8-9,11-12,14-15H2,1H3. The number of likely N-dealkylation sites (N-methyl/N-ethyl adjacent to an activating group) is 1. The maximum absolute atomic E-state index is 13.7. The molecule has 1 aliphatic heterocycles. The third kappa shape index (κ3) is 5.65. The van der Waals surface area contributed by atoms with Gasteiger partial charge in [-0.05, 0) is 31.0 Å². The monoisotopic (exact) mass is 449 g/mol. The molecule has 0 N–H and O–H groups in total. The molecule has 0 unspecified atom stereocenters. The molecular formula is C21H24FN3O5S. The summed E-state index contributed by atoms with van der Waals surface area (Å²) in [5.74, 6) is -1.88. The van der Waals surface area contributed by atoms with Crippen LogP contribution in [0.15, 0.2) is 53.7 Å². The summed E-state index contributed by atoms with van der Waals surface area (Å²) < 4.78 is 45.4. The predicted molar refractivity (Wildman–Crippen MR) is 110 cm³/mol. The van der Waals surface area contributed by atoms with Gasteiger partial charge in [-0.3, -0.25) is 14.6 Å². The Balaban J connectivity index is 1.47. The molecular weight excluding hydrogens is 425 g/mol. The molecule has 0 atom stereocenters. The van der Waals surface area contributed by atoms with Crippen LogP contribution in [0.3, 0.4) is 0 Å². The van der Waals surface area contributed by atoms with Crippen LogP contribution in [0.5, 0.6) is 0 Å². The first-order valence-corrected chi connectivity index (χ1v) is 11.3. The van der Waals surface area contributed by atoms with E-state index in [0.29, 0.717) is 18.4 Å². The average Bonchev–Trinajstić information content (AvgIpc) is 2.79. The number of carbonyl (C=O) groups is 2. The first-order valence-electron chi connectivity index (χ1n) is 9.83. The lowest BCUT2D eigenvalue weighted by molar-refractivity contribution is -0.156. The number of halogens is 1. The summed E-state index contributed by atoms with van der Waals surface area (Å²) in [7, 11) is -2.15. The van der Waals surface area contributed by atoms with Crippen molar-refractivity contribution >= 4 is 21.9 Å². The number of pyridine rings is 1. The molecule has 0 spiro atoms. The first-order chi connectivity index (χ1) is 14.8. The summed E-state index contributed by atoms with van der Waals surface area (Å²) in [5.41, 5.74) is 0.367. The van der Waals surface area contributed by atoms with Crippen molar-refractivity contribution in [2.75, 3.05) is 26.7 Å². The smallest absolute Gasteiger partial charge is 0.309 e. The summed E-state index contributed by atoms with van der Waals surface area (Å²) >= 11 is 0. The molecule has 1 aromatic carbocycles. The van der Waals surface area contributed by atoms with Crippen LogP contribution in [0.2, 0.25) is 0 Å². The molecule has 0 saturated carbocycles. The van der Waals surface area contributed by atoms with E-state index in [4.69, 9.17) is 4.74 Å². The summed E-state index contributed by atoms with van der Waals surface area (Å²) in [5, 5.41) is 0. The largest absolute Gasteiger partial charge is 0.455 e. The van der Waals surface area contributed by atoms with Gasteiger partial charge in [-0.15, -0.1) is 0 Å². The number of carbonyl (C=O) groups excluding carboxylic acids is 2. The van der Waals surface area contributed by atoms with Gasteiger partial charge in [0.25, 0.3) is 5.91 Å². The minimum Gasteiger partial charge on any atom is -0.455 e. The molecule has 2 aromatic rings. The van der Waals surface area contributed by atoms with Crippen LogP contribution in [0.1, 0.15) is 18.4 Å². The maximum atomic E-state index is 13.7. The van der Waals surface area contributed by atoms with E-state index in [1.165, 1.54) is 40.8 Å². The molecule has 8 nitrogen and oxygen atoms in total. The van der Waals surface area contributed by atoms with Gasteiger partial charge in [-0.2, -0.15) is 4.31 Å². The number of nitrogens with zero attached hydrogens (tertiary/aromatic N) is 3. The number of benzene rings is 1. The highest BCUT2D eigenvalue weighted by Gasteiger charge is 2.33. The second-order valence-electron chi connectivity index (χ2n) is 7.32. The van der Waals surface area contributed by atoms with Crippen molar-refractivity contribution in [3.05, 3.63) is 60.2 Å². The molecule has 1 saturated heterocycles. The SMILES string of the molecule is CN(Cc1ccccc1F)C(=O)COC(=O)C1CCN(S(=O)(=O)c2cccnc2)CC1. The third-order valence-electron chi connectivity index (χ3n) is 5.19. The van der Waals surface area contributed by atoms with Gasteiger partial charge in [0.1, 0.15) is 10.7 Å². The van der Waals surface area contributed by atoms with Gasteiger partial charge >= 0.3 is 5.97 Å². The Labute approximate surface area is 180 Å². The van der Waals surface area contributed by atoms with Crippen LogP contribution in [0, 0.1) is 11.7 Å². The van der Waals surface area contributed by atoms with E-state index < -0.39 is 40.2 Å². The quantitative estimate of drug-likeness (QED) is 0.599. The number of ether oxygens (including phenoxy) is 1. The highest BCUT2D eigenvalue weighted by atomic mass is 32.2. The lowest BCUT2D eigenvalue weighted by Gasteiger charge is -2.30. The van der Waals surface area contributed by atoms with Gasteiger partial charge in [0.05, 0.1) is 5.92 Å². The highest BCUT2D eigenvalue weighted by Crippen LogP contribution is 2.24. The number of hydrogen-bond donors (Lipinski definition) is 0. The van der Waals surface area contributed by atoms with Gasteiger partial charge in [-0.25, -0.2) is 12.8 Å². The van der Waals surface area contributed by atoms with Crippen molar-refractivity contribution in [2.45, 2.75) is 24.3 Å². The number of piperidine rings is 1. The molecule has 1 fully saturated rings. The fourth-order valence-corrected chi connectivity index (χ4v) is 4.75. The number of rotatable bonds is 7. The lowest BCUT2D eigenvalue weighted by atomic mass is 9.98. The van der Waals surface area contributed by atoms with Gasteiger partial charge in [0.2, 0.25) is 10.0 Å². The molecule has 166 valence electrons. The number of aromatic nitrogens is 1. The van der Waals surface area contributed by atoms with Crippen molar-refractivity contribution in [3.63, 3.8) is 0 Å². The van der Waals surface area contributed by atoms with Crippen molar-refractivity contribution < 1.29 is 27.1 Å². The highest BCUT2D eigenvalue weighted by molar-refractivity contribution is 7.89. The summed E-state index contributed by atoms with van der Waals surface area (Å²) in [6.07, 6.45) is 3.39. The van der Waals surface area contributed by atoms with Crippen LogP contribution < -0.4 is 0 Å². The van der Waals surface area contributed by atoms with Crippen LogP contribution in [-0.4, -0.2) is 61.2 Å². The fraction of sp³-hybridized carbons (Fsp3) is 0.381. The Morgan fingerprint density at radius 2 is 1.90 bits per heavy atom. The second-order valence-corrected chi connectivity index (χ2v) is 9.25. The van der Waals surface area contributed by atoms with Crippen molar-refractivity contribution in [1.29, 1.82) is 0 Å². The van der Waals surface area contributed by atoms with Crippen LogP contribution in [-0.2, 0) is 30.9 Å². The Morgan fingerprint density at radius 3 is 2.55 bits per heavy atom. The van der Waals surface area contributed by atoms with E-state index in [1.807, 2.05) is 0 Å². The Hall–Kier alpha value is -2.85. The first kappa shape index (κ1) is 22.8. The minimum atomic E-state index is -3.65. The third-order valence-corrected chi connectivity index (χ3v) is 7.07. The van der Waals surface area contributed by atoms with Crippen molar-refractivity contribution in [3.8, 4) is 0 Å². The topological polar surface area (TPSA) is 96.9 Å². The number of sulfonamides is 1. The van der Waals surface area contributed by atoms with Gasteiger partial charge in [-0.1, -0.05) is 18.2 Å². The maximum Gasteiger partial charge on any atom is 0.309 e. The molecule has 1 amide bonds. The zero-order valence-corrected chi connectivity index (χ0v) is 17.9. The average molecular weight is 450 g/mol. The molecule has 0 aliphatic carbocycles. The van der Waals surface area contributed by atoms with E-state index in [9.17, 15) is 22.4 Å². The zero-order chi connectivity index (χ0) is 22.4. The van der Waals surface area contributed by atoms with Gasteiger partial charge in [0.15, 0.2) is 6.61 Å². The normalized spacial score (nSPS) is 15.4. The Morgan fingerprint density at radius 1 is 1.19 bits per heavy atom. The minimum absolute atomic E-state index is 0.0631. The number of hydrogen-bond acceptors (Lipinski definition) is 6. The molecule has 31 heavy (non-hydrogen) atoms. The van der Waals surface area contributed by atoms with Crippen molar-refractivity contribution in [1.82, 2.24) is 14.2 Å². The Bertz CT molecular complexity index is 1020. The second kappa shape index (κ2) is 9.97. The number of amides is 1. The van der Waals surface area contributed by atoms with Crippen LogP contribution in [0.25, 0.3) is 0 Å². The van der Waals surface area contributed by atoms with E-state index in [1.54, 1.807) is 24.3 Å². The van der Waals surface area contributed by atoms with E-state index >= 15 is 0 Å². The molecule has 0 radical (unpaired) electrons. The van der Waals surface area contributed by atoms with Gasteiger partial charge in [0, 0.05) is 44.6 Å². The molecule has 1 aliphatic rings. The molecule has 10 heteroatoms. The lowest BCUT2D eigenvalue weighted by Crippen LogP contribution is -2.41. The summed E-state index contributed by atoms with van der Waals surface area (Å²) in [6, 6.07) is 9.17. The van der Waals surface area contributed by atoms with E-state index in [2.05, 4.69) is 4.98 Å². The number of esters is 1. The van der Waals surface area contributed by atoms with E-state index in [-0.39, 0.29) is 24.5 Å². The van der Waals surface area contributed by atoms with Crippen LogP contribution in [0.4, 0.5) is 4.39 Å². The molecule has 2 heterocycles. The van der Waals surface area contributed by atoms with Gasteiger partial charge < -0.3 is 9.64 Å². The fourth-order valence-electron chi connectivity index (χ4n) is 3.31. The summed E-state index contributed by atoms with van der Waals surface area (Å²) in [6.45, 7) is -0.0259.